The molecule has 0 aliphatic heterocycles. The number of benzene rings is 2. The fourth-order valence-corrected chi connectivity index (χ4v) is 3.65. The first-order chi connectivity index (χ1) is 11.7. The van der Waals surface area contributed by atoms with E-state index in [2.05, 4.69) is 9.46 Å². The summed E-state index contributed by atoms with van der Waals surface area (Å²) in [5.74, 6) is -0.853. The maximum atomic E-state index is 12.5. The van der Waals surface area contributed by atoms with Crippen molar-refractivity contribution >= 4 is 21.7 Å². The molecule has 0 spiro atoms. The lowest BCUT2D eigenvalue weighted by atomic mass is 10.1. The Kier molecular flexibility index (Phi) is 5.81. The maximum Gasteiger partial charge on any atom is 0.324 e. The third-order valence-electron chi connectivity index (χ3n) is 3.81. The molecule has 0 radical (unpaired) electrons. The number of esters is 1. The van der Waals surface area contributed by atoms with Gasteiger partial charge in [0.25, 0.3) is 0 Å². The van der Waals surface area contributed by atoms with Crippen molar-refractivity contribution in [2.24, 2.45) is 5.92 Å². The second-order valence-corrected chi connectivity index (χ2v) is 7.73. The molecule has 2 aromatic carbocycles. The van der Waals surface area contributed by atoms with Crippen LogP contribution in [0.2, 0.25) is 0 Å². The highest BCUT2D eigenvalue weighted by Gasteiger charge is 2.29. The summed E-state index contributed by atoms with van der Waals surface area (Å²) in [4.78, 5) is 11.9. The summed E-state index contributed by atoms with van der Waals surface area (Å²) in [6.45, 7) is 3.49. The smallest absolute Gasteiger partial charge is 0.324 e. The number of nitrogens with two attached hydrogens (primary N) is 1. The number of nitrogens with one attached hydrogen (secondary N) is 1. The molecule has 0 amide bonds. The number of hydrogen-bond acceptors (Lipinski definition) is 5. The van der Waals surface area contributed by atoms with Crippen molar-refractivity contribution < 1.29 is 17.9 Å². The van der Waals surface area contributed by atoms with E-state index in [-0.39, 0.29) is 10.8 Å². The van der Waals surface area contributed by atoms with Crippen molar-refractivity contribution in [1.29, 1.82) is 0 Å². The van der Waals surface area contributed by atoms with Gasteiger partial charge in [0.05, 0.1) is 12.0 Å². The van der Waals surface area contributed by atoms with Gasteiger partial charge in [0, 0.05) is 5.69 Å². The van der Waals surface area contributed by atoms with Crippen molar-refractivity contribution in [3.8, 4) is 11.1 Å². The number of carbonyl (C=O) groups excluding carboxylic acids is 1. The third kappa shape index (κ3) is 4.58. The summed E-state index contributed by atoms with van der Waals surface area (Å²) in [6, 6.07) is 12.8. The molecule has 0 heterocycles. The Morgan fingerprint density at radius 2 is 1.48 bits per heavy atom. The number of ether oxygens (including phenoxy) is 1. The maximum absolute atomic E-state index is 12.5. The van der Waals surface area contributed by atoms with Gasteiger partial charge >= 0.3 is 5.97 Å². The number of anilines is 1. The molecule has 2 aromatic rings. The van der Waals surface area contributed by atoms with Gasteiger partial charge in [0.1, 0.15) is 6.04 Å². The molecule has 0 fully saturated rings. The summed E-state index contributed by atoms with van der Waals surface area (Å²) < 4.78 is 32.1. The lowest BCUT2D eigenvalue weighted by molar-refractivity contribution is -0.143. The highest BCUT2D eigenvalue weighted by molar-refractivity contribution is 7.89. The highest BCUT2D eigenvalue weighted by Crippen LogP contribution is 2.22. The first-order valence-electron chi connectivity index (χ1n) is 7.80. The van der Waals surface area contributed by atoms with Crippen LogP contribution in [0.3, 0.4) is 0 Å². The Hall–Kier alpha value is -2.38. The van der Waals surface area contributed by atoms with Crippen LogP contribution in [0.4, 0.5) is 5.69 Å². The Labute approximate surface area is 148 Å². The van der Waals surface area contributed by atoms with Crippen LogP contribution < -0.4 is 10.5 Å². The predicted molar refractivity (Wildman–Crippen MR) is 97.3 cm³/mol. The average Bonchev–Trinajstić information content (AvgIpc) is 2.59. The van der Waals surface area contributed by atoms with Gasteiger partial charge < -0.3 is 10.5 Å². The number of nitrogen functional groups attached to an aromatic ring is 1. The topological polar surface area (TPSA) is 98.5 Å². The van der Waals surface area contributed by atoms with Gasteiger partial charge in [0.2, 0.25) is 10.0 Å². The molecule has 2 rings (SSSR count). The first kappa shape index (κ1) is 19.0. The van der Waals surface area contributed by atoms with Gasteiger partial charge in [0.15, 0.2) is 0 Å². The van der Waals surface area contributed by atoms with E-state index in [1.807, 2.05) is 12.1 Å². The van der Waals surface area contributed by atoms with Crippen LogP contribution in [0.15, 0.2) is 53.4 Å². The molecule has 6 nitrogen and oxygen atoms in total. The largest absolute Gasteiger partial charge is 0.468 e. The van der Waals surface area contributed by atoms with Crippen LogP contribution in [-0.4, -0.2) is 27.5 Å². The molecule has 25 heavy (non-hydrogen) atoms. The molecule has 0 saturated heterocycles. The minimum Gasteiger partial charge on any atom is -0.468 e. The highest BCUT2D eigenvalue weighted by atomic mass is 32.2. The molecule has 0 bridgehead atoms. The summed E-state index contributed by atoms with van der Waals surface area (Å²) >= 11 is 0. The van der Waals surface area contributed by atoms with Crippen molar-refractivity contribution in [3.05, 3.63) is 48.5 Å². The van der Waals surface area contributed by atoms with E-state index in [0.717, 1.165) is 11.1 Å². The van der Waals surface area contributed by atoms with Crippen molar-refractivity contribution in [1.82, 2.24) is 4.72 Å². The second kappa shape index (κ2) is 7.67. The van der Waals surface area contributed by atoms with Crippen LogP contribution in [0.5, 0.6) is 0 Å². The second-order valence-electron chi connectivity index (χ2n) is 6.01. The zero-order valence-corrected chi connectivity index (χ0v) is 15.2. The van der Waals surface area contributed by atoms with Crippen LogP contribution in [-0.2, 0) is 19.6 Å². The average molecular weight is 362 g/mol. The summed E-state index contributed by atoms with van der Waals surface area (Å²) in [6.07, 6.45) is 0. The Balaban J connectivity index is 2.25. The van der Waals surface area contributed by atoms with Crippen molar-refractivity contribution in [2.45, 2.75) is 24.8 Å². The minimum absolute atomic E-state index is 0.0845. The molecule has 0 aliphatic rings. The minimum atomic E-state index is -3.84. The standard InChI is InChI=1S/C18H22N2O4S/c1-12(2)17(18(21)24-3)20-25(22,23)16-10-6-14(7-11-16)13-4-8-15(19)9-5-13/h4-12,17,20H,19H2,1-3H3/t17-/m1/s1. The quantitative estimate of drug-likeness (QED) is 0.607. The summed E-state index contributed by atoms with van der Waals surface area (Å²) in [7, 11) is -2.61. The molecular weight excluding hydrogens is 340 g/mol. The number of carbonyl (C=O) groups is 1. The van der Waals surface area contributed by atoms with E-state index in [0.29, 0.717) is 5.69 Å². The Morgan fingerprint density at radius 3 is 1.92 bits per heavy atom. The fourth-order valence-electron chi connectivity index (χ4n) is 2.32. The monoisotopic (exact) mass is 362 g/mol. The molecule has 1 atom stereocenters. The van der Waals surface area contributed by atoms with Crippen LogP contribution >= 0.6 is 0 Å². The molecule has 7 heteroatoms. The molecule has 0 aromatic heterocycles. The molecule has 0 aliphatic carbocycles. The molecule has 0 saturated carbocycles. The first-order valence-corrected chi connectivity index (χ1v) is 9.29. The SMILES string of the molecule is COC(=O)[C@H](NS(=O)(=O)c1ccc(-c2ccc(N)cc2)cc1)C(C)C. The predicted octanol–water partition coefficient (Wildman–Crippen LogP) is 2.41. The third-order valence-corrected chi connectivity index (χ3v) is 5.27. The zero-order chi connectivity index (χ0) is 18.6. The van der Waals surface area contributed by atoms with Gasteiger partial charge in [-0.05, 0) is 41.3 Å². The summed E-state index contributed by atoms with van der Waals surface area (Å²) in [5.41, 5.74) is 8.13. The molecular formula is C18H22N2O4S. The molecule has 0 unspecified atom stereocenters. The van der Waals surface area contributed by atoms with E-state index in [4.69, 9.17) is 5.73 Å². The van der Waals surface area contributed by atoms with E-state index in [1.165, 1.54) is 19.2 Å². The lowest BCUT2D eigenvalue weighted by Gasteiger charge is -2.19. The Bertz CT molecular complexity index is 828. The molecule has 3 N–H and O–H groups in total. The van der Waals surface area contributed by atoms with E-state index >= 15 is 0 Å². The number of rotatable bonds is 6. The van der Waals surface area contributed by atoms with Crippen LogP contribution in [0.1, 0.15) is 13.8 Å². The van der Waals surface area contributed by atoms with E-state index in [1.54, 1.807) is 38.1 Å². The van der Waals surface area contributed by atoms with Gasteiger partial charge in [-0.15, -0.1) is 0 Å². The van der Waals surface area contributed by atoms with Gasteiger partial charge in [-0.2, -0.15) is 4.72 Å². The number of hydrogen-bond donors (Lipinski definition) is 2. The summed E-state index contributed by atoms with van der Waals surface area (Å²) in [5, 5.41) is 0. The Morgan fingerprint density at radius 1 is 1.00 bits per heavy atom. The number of methoxy groups -OCH3 is 1. The van der Waals surface area contributed by atoms with Gasteiger partial charge in [-0.25, -0.2) is 8.42 Å². The van der Waals surface area contributed by atoms with Crippen molar-refractivity contribution in [3.63, 3.8) is 0 Å². The van der Waals surface area contributed by atoms with Crippen molar-refractivity contribution in [2.75, 3.05) is 12.8 Å². The van der Waals surface area contributed by atoms with E-state index < -0.39 is 22.0 Å². The molecule has 134 valence electrons. The normalized spacial score (nSPS) is 12.8. The fraction of sp³-hybridized carbons (Fsp3) is 0.278. The van der Waals surface area contributed by atoms with Crippen LogP contribution in [0, 0.1) is 5.92 Å². The van der Waals surface area contributed by atoms with Gasteiger partial charge in [-0.1, -0.05) is 38.1 Å². The number of sulfonamides is 1. The lowest BCUT2D eigenvalue weighted by Crippen LogP contribution is -2.44. The van der Waals surface area contributed by atoms with E-state index in [9.17, 15) is 13.2 Å². The van der Waals surface area contributed by atoms with Crippen LogP contribution in [0.25, 0.3) is 11.1 Å². The van der Waals surface area contributed by atoms with Gasteiger partial charge in [-0.3, -0.25) is 4.79 Å². The zero-order valence-electron chi connectivity index (χ0n) is 14.4.